The molecular weight excluding hydrogens is 214 g/mol. The highest BCUT2D eigenvalue weighted by Gasteiger charge is 2.14. The van der Waals surface area contributed by atoms with E-state index >= 15 is 0 Å². The molecule has 96 valence electrons. The first kappa shape index (κ1) is 13.9. The van der Waals surface area contributed by atoms with Crippen LogP contribution in [0, 0.1) is 0 Å². The van der Waals surface area contributed by atoms with Crippen LogP contribution in [0.1, 0.15) is 31.9 Å². The Balaban J connectivity index is 2.99. The smallest absolute Gasteiger partial charge is 0.133 e. The number of nitrogens with zero attached hydrogens (tertiary/aromatic N) is 2. The van der Waals surface area contributed by atoms with Crippen LogP contribution in [0.2, 0.25) is 0 Å². The Kier molecular flexibility index (Phi) is 5.94. The van der Waals surface area contributed by atoms with E-state index in [1.54, 1.807) is 6.20 Å². The monoisotopic (exact) mass is 237 g/mol. The Labute approximate surface area is 104 Å². The third kappa shape index (κ3) is 3.68. The molecule has 0 aromatic carbocycles. The number of hydrogen-bond acceptors (Lipinski definition) is 4. The quantitative estimate of drug-likeness (QED) is 0.756. The fraction of sp³-hybridized carbons (Fsp3) is 0.615. The van der Waals surface area contributed by atoms with Gasteiger partial charge in [-0.1, -0.05) is 13.0 Å². The molecule has 0 amide bonds. The SMILES string of the molecule is CCCN(CCO)c1ncccc1C(C)NC. The average molecular weight is 237 g/mol. The highest BCUT2D eigenvalue weighted by Crippen LogP contribution is 2.23. The molecule has 4 nitrogen and oxygen atoms in total. The van der Waals surface area contributed by atoms with Gasteiger partial charge < -0.3 is 15.3 Å². The maximum absolute atomic E-state index is 9.13. The minimum absolute atomic E-state index is 0.157. The fourth-order valence-corrected chi connectivity index (χ4v) is 1.88. The Morgan fingerprint density at radius 1 is 1.47 bits per heavy atom. The summed E-state index contributed by atoms with van der Waals surface area (Å²) >= 11 is 0. The van der Waals surface area contributed by atoms with Crippen molar-refractivity contribution >= 4 is 5.82 Å². The molecule has 17 heavy (non-hydrogen) atoms. The van der Waals surface area contributed by atoms with Crippen LogP contribution in [0.5, 0.6) is 0 Å². The summed E-state index contributed by atoms with van der Waals surface area (Å²) in [5, 5.41) is 12.4. The van der Waals surface area contributed by atoms with Crippen LogP contribution in [0.4, 0.5) is 5.82 Å². The lowest BCUT2D eigenvalue weighted by molar-refractivity contribution is 0.301. The fourth-order valence-electron chi connectivity index (χ4n) is 1.88. The predicted molar refractivity (Wildman–Crippen MR) is 71.3 cm³/mol. The maximum atomic E-state index is 9.13. The van der Waals surface area contributed by atoms with Gasteiger partial charge in [-0.15, -0.1) is 0 Å². The van der Waals surface area contributed by atoms with Crippen LogP contribution in [-0.2, 0) is 0 Å². The summed E-state index contributed by atoms with van der Waals surface area (Å²) in [6.45, 7) is 5.96. The lowest BCUT2D eigenvalue weighted by atomic mass is 10.1. The van der Waals surface area contributed by atoms with Gasteiger partial charge in [-0.3, -0.25) is 0 Å². The van der Waals surface area contributed by atoms with Crippen molar-refractivity contribution in [2.75, 3.05) is 31.6 Å². The van der Waals surface area contributed by atoms with Crippen molar-refractivity contribution in [2.45, 2.75) is 26.3 Å². The molecule has 1 unspecified atom stereocenters. The van der Waals surface area contributed by atoms with Gasteiger partial charge in [0.1, 0.15) is 5.82 Å². The molecule has 0 aliphatic heterocycles. The number of anilines is 1. The summed E-state index contributed by atoms with van der Waals surface area (Å²) in [7, 11) is 1.94. The van der Waals surface area contributed by atoms with E-state index in [9.17, 15) is 0 Å². The number of hydrogen-bond donors (Lipinski definition) is 2. The number of pyridine rings is 1. The zero-order valence-corrected chi connectivity index (χ0v) is 11.0. The minimum atomic E-state index is 0.157. The van der Waals surface area contributed by atoms with Crippen molar-refractivity contribution in [1.82, 2.24) is 10.3 Å². The van der Waals surface area contributed by atoms with Crippen molar-refractivity contribution in [1.29, 1.82) is 0 Å². The van der Waals surface area contributed by atoms with Crippen molar-refractivity contribution in [3.8, 4) is 0 Å². The van der Waals surface area contributed by atoms with E-state index in [1.807, 2.05) is 13.1 Å². The molecule has 1 aromatic rings. The second kappa shape index (κ2) is 7.25. The Bertz CT molecular complexity index is 324. The predicted octanol–water partition coefficient (Wildman–Crippen LogP) is 1.57. The van der Waals surface area contributed by atoms with Gasteiger partial charge in [0, 0.05) is 30.9 Å². The molecule has 0 saturated heterocycles. The molecule has 1 atom stereocenters. The molecule has 1 rings (SSSR count). The van der Waals surface area contributed by atoms with Gasteiger partial charge in [0.15, 0.2) is 0 Å². The Morgan fingerprint density at radius 2 is 2.24 bits per heavy atom. The molecule has 0 fully saturated rings. The lowest BCUT2D eigenvalue weighted by Gasteiger charge is -2.26. The third-order valence-electron chi connectivity index (χ3n) is 2.88. The van der Waals surface area contributed by atoms with Crippen molar-refractivity contribution in [2.24, 2.45) is 0 Å². The first-order valence-corrected chi connectivity index (χ1v) is 6.22. The normalized spacial score (nSPS) is 12.5. The molecule has 0 spiro atoms. The van der Waals surface area contributed by atoms with E-state index in [4.69, 9.17) is 5.11 Å². The summed E-state index contributed by atoms with van der Waals surface area (Å²) in [6, 6.07) is 4.30. The third-order valence-corrected chi connectivity index (χ3v) is 2.88. The lowest BCUT2D eigenvalue weighted by Crippen LogP contribution is -2.30. The zero-order chi connectivity index (χ0) is 12.7. The summed E-state index contributed by atoms with van der Waals surface area (Å²) in [6.07, 6.45) is 2.85. The highest BCUT2D eigenvalue weighted by molar-refractivity contribution is 5.48. The molecule has 4 heteroatoms. The number of nitrogens with one attached hydrogen (secondary N) is 1. The molecule has 0 radical (unpaired) electrons. The van der Waals surface area contributed by atoms with Crippen LogP contribution in [0.25, 0.3) is 0 Å². The first-order valence-electron chi connectivity index (χ1n) is 6.22. The van der Waals surface area contributed by atoms with E-state index in [0.717, 1.165) is 18.8 Å². The van der Waals surface area contributed by atoms with Gasteiger partial charge >= 0.3 is 0 Å². The van der Waals surface area contributed by atoms with Crippen molar-refractivity contribution < 1.29 is 5.11 Å². The molecule has 0 aliphatic carbocycles. The van der Waals surface area contributed by atoms with E-state index in [1.165, 1.54) is 5.56 Å². The van der Waals surface area contributed by atoms with Crippen molar-refractivity contribution in [3.63, 3.8) is 0 Å². The van der Waals surface area contributed by atoms with Gasteiger partial charge in [0.2, 0.25) is 0 Å². The standard InChI is InChI=1S/C13H23N3O/c1-4-8-16(9-10-17)13-12(11(2)14-3)6-5-7-15-13/h5-7,11,14,17H,4,8-10H2,1-3H3. The summed E-state index contributed by atoms with van der Waals surface area (Å²) < 4.78 is 0. The second-order valence-electron chi connectivity index (χ2n) is 4.14. The Hall–Kier alpha value is -1.13. The molecule has 0 aliphatic rings. The van der Waals surface area contributed by atoms with Crippen LogP contribution in [0.3, 0.4) is 0 Å². The Morgan fingerprint density at radius 3 is 2.82 bits per heavy atom. The minimum Gasteiger partial charge on any atom is -0.395 e. The number of aromatic nitrogens is 1. The summed E-state index contributed by atoms with van der Waals surface area (Å²) in [4.78, 5) is 6.60. The topological polar surface area (TPSA) is 48.4 Å². The maximum Gasteiger partial charge on any atom is 0.133 e. The largest absolute Gasteiger partial charge is 0.395 e. The van der Waals surface area contributed by atoms with Crippen LogP contribution in [0.15, 0.2) is 18.3 Å². The van der Waals surface area contributed by atoms with Crippen molar-refractivity contribution in [3.05, 3.63) is 23.9 Å². The van der Waals surface area contributed by atoms with Gasteiger partial charge in [-0.05, 0) is 26.5 Å². The summed E-state index contributed by atoms with van der Waals surface area (Å²) in [5.74, 6) is 0.977. The zero-order valence-electron chi connectivity index (χ0n) is 11.0. The van der Waals surface area contributed by atoms with E-state index in [0.29, 0.717) is 6.54 Å². The van der Waals surface area contributed by atoms with Gasteiger partial charge in [-0.25, -0.2) is 4.98 Å². The molecule has 0 saturated carbocycles. The second-order valence-corrected chi connectivity index (χ2v) is 4.14. The van der Waals surface area contributed by atoms with E-state index < -0.39 is 0 Å². The first-order chi connectivity index (χ1) is 8.24. The number of aliphatic hydroxyl groups excluding tert-OH is 1. The molecule has 1 aromatic heterocycles. The van der Waals surface area contributed by atoms with Crippen LogP contribution in [-0.4, -0.2) is 36.8 Å². The van der Waals surface area contributed by atoms with Crippen LogP contribution >= 0.6 is 0 Å². The number of rotatable bonds is 7. The number of aliphatic hydroxyl groups is 1. The molecule has 1 heterocycles. The molecular formula is C13H23N3O. The van der Waals surface area contributed by atoms with Crippen LogP contribution < -0.4 is 10.2 Å². The summed E-state index contributed by atoms with van der Waals surface area (Å²) in [5.41, 5.74) is 1.18. The molecule has 2 N–H and O–H groups in total. The van der Waals surface area contributed by atoms with Gasteiger partial charge in [-0.2, -0.15) is 0 Å². The van der Waals surface area contributed by atoms with E-state index in [-0.39, 0.29) is 12.6 Å². The molecule has 0 bridgehead atoms. The average Bonchev–Trinajstić information content (AvgIpc) is 2.37. The van der Waals surface area contributed by atoms with E-state index in [2.05, 4.69) is 35.1 Å². The van der Waals surface area contributed by atoms with Gasteiger partial charge in [0.05, 0.1) is 6.61 Å². The van der Waals surface area contributed by atoms with Gasteiger partial charge in [0.25, 0.3) is 0 Å². The highest BCUT2D eigenvalue weighted by atomic mass is 16.3.